The molecule has 0 aromatic heterocycles. The second-order valence-corrected chi connectivity index (χ2v) is 6.51. The first-order chi connectivity index (χ1) is 12.1. The maximum absolute atomic E-state index is 12.4. The average molecular weight is 333 g/mol. The molecule has 0 radical (unpaired) electrons. The highest BCUT2D eigenvalue weighted by Crippen LogP contribution is 2.28. The van der Waals surface area contributed by atoms with Gasteiger partial charge < -0.3 is 10.1 Å². The van der Waals surface area contributed by atoms with Crippen molar-refractivity contribution >= 4 is 22.4 Å². The van der Waals surface area contributed by atoms with Gasteiger partial charge in [0.05, 0.1) is 0 Å². The van der Waals surface area contributed by atoms with E-state index < -0.39 is 0 Å². The zero-order chi connectivity index (χ0) is 17.8. The molecule has 0 bridgehead atoms. The summed E-state index contributed by atoms with van der Waals surface area (Å²) in [5, 5.41) is 5.12. The Morgan fingerprint density at radius 3 is 2.52 bits per heavy atom. The molecule has 0 unspecified atom stereocenters. The number of anilines is 1. The minimum absolute atomic E-state index is 0.0140. The Hall–Kier alpha value is -2.81. The van der Waals surface area contributed by atoms with E-state index in [1.54, 1.807) is 0 Å². The third-order valence-electron chi connectivity index (χ3n) is 4.30. The Bertz CT molecular complexity index is 894. The number of hydrogen-bond acceptors (Lipinski definition) is 2. The van der Waals surface area contributed by atoms with Gasteiger partial charge in [0.1, 0.15) is 5.75 Å². The topological polar surface area (TPSA) is 38.3 Å². The van der Waals surface area contributed by atoms with Gasteiger partial charge in [-0.25, -0.2) is 0 Å². The number of hydrogen-bond donors (Lipinski definition) is 1. The second-order valence-electron chi connectivity index (χ2n) is 6.51. The first-order valence-electron chi connectivity index (χ1n) is 8.56. The summed E-state index contributed by atoms with van der Waals surface area (Å²) in [6.45, 7) is 6.24. The van der Waals surface area contributed by atoms with Gasteiger partial charge in [-0.1, -0.05) is 68.4 Å². The van der Waals surface area contributed by atoms with Gasteiger partial charge in [-0.05, 0) is 35.4 Å². The van der Waals surface area contributed by atoms with Crippen molar-refractivity contribution < 1.29 is 9.53 Å². The van der Waals surface area contributed by atoms with E-state index >= 15 is 0 Å². The first-order valence-corrected chi connectivity index (χ1v) is 8.56. The van der Waals surface area contributed by atoms with Crippen molar-refractivity contribution in [3.63, 3.8) is 0 Å². The van der Waals surface area contributed by atoms with Gasteiger partial charge in [-0.3, -0.25) is 4.79 Å². The van der Waals surface area contributed by atoms with Crippen LogP contribution in [0.4, 0.5) is 5.69 Å². The van der Waals surface area contributed by atoms with Crippen LogP contribution in [0.15, 0.2) is 60.7 Å². The van der Waals surface area contributed by atoms with E-state index in [-0.39, 0.29) is 12.5 Å². The molecule has 3 aromatic carbocycles. The molecule has 0 aliphatic heterocycles. The highest BCUT2D eigenvalue weighted by atomic mass is 16.5. The van der Waals surface area contributed by atoms with Gasteiger partial charge in [-0.2, -0.15) is 0 Å². The summed E-state index contributed by atoms with van der Waals surface area (Å²) in [7, 11) is 0. The molecule has 0 aliphatic carbocycles. The minimum atomic E-state index is -0.149. The predicted molar refractivity (Wildman–Crippen MR) is 103 cm³/mol. The molecule has 0 atom stereocenters. The summed E-state index contributed by atoms with van der Waals surface area (Å²) in [5.41, 5.74) is 3.09. The van der Waals surface area contributed by atoms with Gasteiger partial charge in [0, 0.05) is 11.1 Å². The van der Waals surface area contributed by atoms with Crippen molar-refractivity contribution in [2.24, 2.45) is 0 Å². The maximum Gasteiger partial charge on any atom is 0.262 e. The molecule has 1 amide bonds. The third-order valence-corrected chi connectivity index (χ3v) is 4.30. The van der Waals surface area contributed by atoms with Crippen LogP contribution in [0.25, 0.3) is 10.8 Å². The van der Waals surface area contributed by atoms with Gasteiger partial charge in [0.2, 0.25) is 0 Å². The maximum atomic E-state index is 12.4. The lowest BCUT2D eigenvalue weighted by Gasteiger charge is -2.17. The van der Waals surface area contributed by atoms with E-state index in [4.69, 9.17) is 4.74 Å². The largest absolute Gasteiger partial charge is 0.483 e. The molecular weight excluding hydrogens is 310 g/mol. The normalized spacial score (nSPS) is 10.9. The van der Waals surface area contributed by atoms with Crippen molar-refractivity contribution in [1.29, 1.82) is 0 Å². The van der Waals surface area contributed by atoms with Crippen LogP contribution in [0.2, 0.25) is 0 Å². The van der Waals surface area contributed by atoms with Gasteiger partial charge in [0.25, 0.3) is 5.91 Å². The number of ether oxygens (including phenoxy) is 1. The summed E-state index contributed by atoms with van der Waals surface area (Å²) in [6, 6.07) is 19.9. The molecule has 0 heterocycles. The van der Waals surface area contributed by atoms with Crippen molar-refractivity contribution in [1.82, 2.24) is 0 Å². The smallest absolute Gasteiger partial charge is 0.262 e. The Balaban J connectivity index is 1.74. The van der Waals surface area contributed by atoms with Crippen LogP contribution in [0.1, 0.15) is 30.9 Å². The van der Waals surface area contributed by atoms with Crippen LogP contribution in [0.5, 0.6) is 5.75 Å². The number of benzene rings is 3. The molecule has 3 heteroatoms. The van der Waals surface area contributed by atoms with Gasteiger partial charge >= 0.3 is 0 Å². The number of rotatable bonds is 5. The second kappa shape index (κ2) is 7.39. The molecule has 0 saturated heterocycles. The molecule has 3 rings (SSSR count). The van der Waals surface area contributed by atoms with Crippen molar-refractivity contribution in [2.45, 2.75) is 26.7 Å². The van der Waals surface area contributed by atoms with Crippen LogP contribution in [-0.2, 0) is 4.79 Å². The van der Waals surface area contributed by atoms with E-state index in [1.165, 1.54) is 0 Å². The van der Waals surface area contributed by atoms with Gasteiger partial charge in [-0.15, -0.1) is 0 Å². The fourth-order valence-corrected chi connectivity index (χ4v) is 2.98. The zero-order valence-corrected chi connectivity index (χ0v) is 14.9. The zero-order valence-electron chi connectivity index (χ0n) is 14.9. The number of nitrogens with one attached hydrogen (secondary N) is 1. The molecule has 128 valence electrons. The van der Waals surface area contributed by atoms with Gasteiger partial charge in [0.15, 0.2) is 6.61 Å². The van der Waals surface area contributed by atoms with E-state index in [2.05, 4.69) is 25.2 Å². The van der Waals surface area contributed by atoms with E-state index in [0.29, 0.717) is 5.92 Å². The summed E-state index contributed by atoms with van der Waals surface area (Å²) in [4.78, 5) is 12.4. The highest BCUT2D eigenvalue weighted by molar-refractivity contribution is 5.94. The van der Waals surface area contributed by atoms with Crippen LogP contribution in [-0.4, -0.2) is 12.5 Å². The Morgan fingerprint density at radius 1 is 1.00 bits per heavy atom. The standard InChI is InChI=1S/C22H23NO2/c1-15(2)18-12-6-8-16(3)22(18)23-21(24)14-25-20-13-7-10-17-9-4-5-11-19(17)20/h4-13,15H,14H2,1-3H3,(H,23,24). The number of carbonyl (C=O) groups excluding carboxylic acids is 1. The number of carbonyl (C=O) groups is 1. The fraction of sp³-hybridized carbons (Fsp3) is 0.227. The minimum Gasteiger partial charge on any atom is -0.483 e. The molecule has 1 N–H and O–H groups in total. The van der Waals surface area contributed by atoms with E-state index in [0.717, 1.165) is 33.3 Å². The van der Waals surface area contributed by atoms with Crippen LogP contribution in [0.3, 0.4) is 0 Å². The number of aryl methyl sites for hydroxylation is 1. The van der Waals surface area contributed by atoms with E-state index in [1.807, 2.05) is 61.5 Å². The van der Waals surface area contributed by atoms with Crippen LogP contribution in [0, 0.1) is 6.92 Å². The van der Waals surface area contributed by atoms with E-state index in [9.17, 15) is 4.79 Å². The average Bonchev–Trinajstić information content (AvgIpc) is 2.61. The Morgan fingerprint density at radius 2 is 1.72 bits per heavy atom. The van der Waals surface area contributed by atoms with Crippen molar-refractivity contribution in [3.05, 3.63) is 71.8 Å². The lowest BCUT2D eigenvalue weighted by atomic mass is 9.98. The molecule has 3 aromatic rings. The van der Waals surface area contributed by atoms with Crippen molar-refractivity contribution in [3.8, 4) is 5.75 Å². The molecule has 0 saturated carbocycles. The fourth-order valence-electron chi connectivity index (χ4n) is 2.98. The van der Waals surface area contributed by atoms with Crippen LogP contribution >= 0.6 is 0 Å². The summed E-state index contributed by atoms with van der Waals surface area (Å²) in [6.07, 6.45) is 0. The number of amides is 1. The third kappa shape index (κ3) is 3.82. The Kier molecular flexibility index (Phi) is 5.03. The number of para-hydroxylation sites is 1. The SMILES string of the molecule is Cc1cccc(C(C)C)c1NC(=O)COc1cccc2ccccc12. The summed E-state index contributed by atoms with van der Waals surface area (Å²) >= 11 is 0. The quantitative estimate of drug-likeness (QED) is 0.689. The predicted octanol–water partition coefficient (Wildman–Crippen LogP) is 5.29. The number of fused-ring (bicyclic) bond motifs is 1. The van der Waals surface area contributed by atoms with Crippen LogP contribution < -0.4 is 10.1 Å². The summed E-state index contributed by atoms with van der Waals surface area (Å²) in [5.74, 6) is 0.917. The summed E-state index contributed by atoms with van der Waals surface area (Å²) < 4.78 is 5.78. The monoisotopic (exact) mass is 333 g/mol. The van der Waals surface area contributed by atoms with Crippen molar-refractivity contribution in [2.75, 3.05) is 11.9 Å². The first kappa shape index (κ1) is 17.0. The Labute approximate surface area is 148 Å². The molecule has 0 aliphatic rings. The lowest BCUT2D eigenvalue weighted by Crippen LogP contribution is -2.21. The highest BCUT2D eigenvalue weighted by Gasteiger charge is 2.13. The lowest BCUT2D eigenvalue weighted by molar-refractivity contribution is -0.118. The molecule has 0 fully saturated rings. The molecular formula is C22H23NO2. The molecule has 0 spiro atoms. The molecule has 25 heavy (non-hydrogen) atoms. The molecule has 3 nitrogen and oxygen atoms in total.